The van der Waals surface area contributed by atoms with Gasteiger partial charge in [0.1, 0.15) is 11.5 Å². The number of nitrogens with zero attached hydrogens (tertiary/aromatic N) is 3. The van der Waals surface area contributed by atoms with E-state index >= 15 is 0 Å². The van der Waals surface area contributed by atoms with Crippen molar-refractivity contribution in [2.24, 2.45) is 5.73 Å². The van der Waals surface area contributed by atoms with Crippen LogP contribution in [0.3, 0.4) is 0 Å². The van der Waals surface area contributed by atoms with Crippen molar-refractivity contribution >= 4 is 0 Å². The van der Waals surface area contributed by atoms with Crippen LogP contribution in [0, 0.1) is 0 Å². The van der Waals surface area contributed by atoms with E-state index in [-0.39, 0.29) is 6.54 Å². The number of rotatable bonds is 8. The highest BCUT2D eigenvalue weighted by Crippen LogP contribution is 2.32. The molecule has 23 heavy (non-hydrogen) atoms. The molecule has 1 fully saturated rings. The van der Waals surface area contributed by atoms with Crippen LogP contribution >= 0.6 is 0 Å². The van der Waals surface area contributed by atoms with Crippen LogP contribution in [0.25, 0.3) is 0 Å². The second-order valence-corrected chi connectivity index (χ2v) is 5.62. The molecule has 1 aliphatic carbocycles. The molecule has 1 aromatic heterocycles. The van der Waals surface area contributed by atoms with Gasteiger partial charge in [-0.1, -0.05) is 5.16 Å². The third-order valence-electron chi connectivity index (χ3n) is 3.95. The molecule has 7 heteroatoms. The Hall–Kier alpha value is -2.12. The van der Waals surface area contributed by atoms with Crippen LogP contribution < -0.4 is 15.2 Å². The van der Waals surface area contributed by atoms with E-state index in [4.69, 9.17) is 19.7 Å². The molecule has 3 rings (SSSR count). The lowest BCUT2D eigenvalue weighted by Gasteiger charge is -2.22. The van der Waals surface area contributed by atoms with E-state index in [1.807, 2.05) is 18.2 Å². The third kappa shape index (κ3) is 3.80. The lowest BCUT2D eigenvalue weighted by atomic mass is 10.1. The highest BCUT2D eigenvalue weighted by Gasteiger charge is 2.30. The van der Waals surface area contributed by atoms with Crippen LogP contribution in [0.5, 0.6) is 11.5 Å². The van der Waals surface area contributed by atoms with Crippen molar-refractivity contribution in [2.75, 3.05) is 14.2 Å². The summed E-state index contributed by atoms with van der Waals surface area (Å²) in [5, 5.41) is 3.99. The number of hydrogen-bond donors (Lipinski definition) is 1. The van der Waals surface area contributed by atoms with Crippen molar-refractivity contribution < 1.29 is 14.0 Å². The van der Waals surface area contributed by atoms with E-state index in [1.54, 1.807) is 14.2 Å². The predicted octanol–water partition coefficient (Wildman–Crippen LogP) is 1.71. The van der Waals surface area contributed by atoms with E-state index < -0.39 is 0 Å². The van der Waals surface area contributed by atoms with E-state index in [0.29, 0.717) is 24.3 Å². The number of nitrogens with two attached hydrogens (primary N) is 1. The highest BCUT2D eigenvalue weighted by molar-refractivity contribution is 5.40. The fourth-order valence-electron chi connectivity index (χ4n) is 2.60. The first-order valence-electron chi connectivity index (χ1n) is 7.70. The minimum atomic E-state index is 0.264. The molecular weight excluding hydrogens is 296 g/mol. The Morgan fingerprint density at radius 1 is 1.26 bits per heavy atom. The number of methoxy groups -OCH3 is 2. The van der Waals surface area contributed by atoms with Crippen molar-refractivity contribution in [1.29, 1.82) is 0 Å². The molecule has 1 aromatic carbocycles. The monoisotopic (exact) mass is 318 g/mol. The van der Waals surface area contributed by atoms with Crippen LogP contribution in [-0.2, 0) is 19.6 Å². The summed E-state index contributed by atoms with van der Waals surface area (Å²) in [6, 6.07) is 6.39. The van der Waals surface area contributed by atoms with E-state index in [2.05, 4.69) is 15.0 Å². The van der Waals surface area contributed by atoms with Gasteiger partial charge in [0, 0.05) is 18.2 Å². The van der Waals surface area contributed by atoms with Crippen molar-refractivity contribution in [3.8, 4) is 11.5 Å². The van der Waals surface area contributed by atoms with Crippen molar-refractivity contribution in [3.05, 3.63) is 35.5 Å². The normalized spacial score (nSPS) is 14.3. The van der Waals surface area contributed by atoms with Crippen molar-refractivity contribution in [1.82, 2.24) is 15.0 Å². The Morgan fingerprint density at radius 3 is 2.70 bits per heavy atom. The topological polar surface area (TPSA) is 86.6 Å². The van der Waals surface area contributed by atoms with Crippen LogP contribution in [0.2, 0.25) is 0 Å². The molecule has 0 unspecified atom stereocenters. The van der Waals surface area contributed by atoms with E-state index in [9.17, 15) is 0 Å². The highest BCUT2D eigenvalue weighted by atomic mass is 16.5. The second-order valence-electron chi connectivity index (χ2n) is 5.62. The molecule has 0 atom stereocenters. The van der Waals surface area contributed by atoms with Gasteiger partial charge in [-0.15, -0.1) is 0 Å². The molecule has 0 aliphatic heterocycles. The maximum Gasteiger partial charge on any atom is 0.240 e. The molecule has 124 valence electrons. The lowest BCUT2D eigenvalue weighted by molar-refractivity contribution is 0.231. The first kappa shape index (κ1) is 15.8. The fraction of sp³-hybridized carbons (Fsp3) is 0.500. The number of hydrogen-bond acceptors (Lipinski definition) is 7. The molecular formula is C16H22N4O3. The second kappa shape index (κ2) is 6.97. The summed E-state index contributed by atoms with van der Waals surface area (Å²) < 4.78 is 15.9. The van der Waals surface area contributed by atoms with E-state index in [1.165, 1.54) is 12.8 Å². The minimum absolute atomic E-state index is 0.264. The van der Waals surface area contributed by atoms with Gasteiger partial charge in [0.2, 0.25) is 5.89 Å². The van der Waals surface area contributed by atoms with Gasteiger partial charge >= 0.3 is 0 Å². The average molecular weight is 318 g/mol. The van der Waals surface area contributed by atoms with Crippen LogP contribution in [0.1, 0.15) is 30.1 Å². The SMILES string of the molecule is COc1ccc(OC)c(CN(Cc2noc(CN)n2)C2CC2)c1. The molecule has 1 heterocycles. The van der Waals surface area contributed by atoms with Crippen LogP contribution in [0.4, 0.5) is 0 Å². The van der Waals surface area contributed by atoms with Crippen LogP contribution in [-0.4, -0.2) is 35.3 Å². The minimum Gasteiger partial charge on any atom is -0.497 e. The largest absolute Gasteiger partial charge is 0.497 e. The molecule has 7 nitrogen and oxygen atoms in total. The maximum absolute atomic E-state index is 5.52. The Kier molecular flexibility index (Phi) is 4.78. The van der Waals surface area contributed by atoms with Crippen LogP contribution in [0.15, 0.2) is 22.7 Å². The van der Waals surface area contributed by atoms with Gasteiger partial charge in [-0.3, -0.25) is 4.90 Å². The quantitative estimate of drug-likeness (QED) is 0.793. The molecule has 0 radical (unpaired) electrons. The molecule has 1 saturated carbocycles. The Labute approximate surface area is 135 Å². The molecule has 0 amide bonds. The van der Waals surface area contributed by atoms with Gasteiger partial charge in [0.05, 0.1) is 27.3 Å². The lowest BCUT2D eigenvalue weighted by Crippen LogP contribution is -2.26. The van der Waals surface area contributed by atoms with Crippen molar-refractivity contribution in [2.45, 2.75) is 38.5 Å². The summed E-state index contributed by atoms with van der Waals surface area (Å²) in [6.07, 6.45) is 2.38. The number of benzene rings is 1. The van der Waals surface area contributed by atoms with Gasteiger partial charge in [-0.25, -0.2) is 0 Å². The summed E-state index contributed by atoms with van der Waals surface area (Å²) in [4.78, 5) is 6.63. The molecule has 2 N–H and O–H groups in total. The zero-order chi connectivity index (χ0) is 16.2. The zero-order valence-corrected chi connectivity index (χ0v) is 13.5. The summed E-state index contributed by atoms with van der Waals surface area (Å²) in [6.45, 7) is 1.65. The summed E-state index contributed by atoms with van der Waals surface area (Å²) in [5.41, 5.74) is 6.60. The van der Waals surface area contributed by atoms with Gasteiger partial charge < -0.3 is 19.7 Å². The Bertz CT molecular complexity index is 655. The Morgan fingerprint density at radius 2 is 2.09 bits per heavy atom. The molecule has 0 spiro atoms. The molecule has 0 saturated heterocycles. The van der Waals surface area contributed by atoms with Gasteiger partial charge in [-0.05, 0) is 31.0 Å². The standard InChI is InChI=1S/C16H22N4O3/c1-21-13-5-6-14(22-2)11(7-13)9-20(12-3-4-12)10-15-18-16(8-17)23-19-15/h5-7,12H,3-4,8-10,17H2,1-2H3. The number of ether oxygens (including phenoxy) is 2. The van der Waals surface area contributed by atoms with Gasteiger partial charge in [0.25, 0.3) is 0 Å². The van der Waals surface area contributed by atoms with Crippen molar-refractivity contribution in [3.63, 3.8) is 0 Å². The Balaban J connectivity index is 1.77. The number of aromatic nitrogens is 2. The zero-order valence-electron chi connectivity index (χ0n) is 13.5. The molecule has 2 aromatic rings. The summed E-state index contributed by atoms with van der Waals surface area (Å²) in [5.74, 6) is 2.81. The first-order chi connectivity index (χ1) is 11.2. The predicted molar refractivity (Wildman–Crippen MR) is 84.0 cm³/mol. The third-order valence-corrected chi connectivity index (χ3v) is 3.95. The fourth-order valence-corrected chi connectivity index (χ4v) is 2.60. The summed E-state index contributed by atoms with van der Waals surface area (Å²) in [7, 11) is 3.34. The summed E-state index contributed by atoms with van der Waals surface area (Å²) >= 11 is 0. The van der Waals surface area contributed by atoms with Gasteiger partial charge in [0.15, 0.2) is 5.82 Å². The van der Waals surface area contributed by atoms with E-state index in [0.717, 1.165) is 23.6 Å². The molecule has 1 aliphatic rings. The first-order valence-corrected chi connectivity index (χ1v) is 7.70. The maximum atomic E-state index is 5.52. The van der Waals surface area contributed by atoms with Gasteiger partial charge in [-0.2, -0.15) is 4.98 Å². The smallest absolute Gasteiger partial charge is 0.240 e. The molecule has 0 bridgehead atoms. The average Bonchev–Trinajstić information content (AvgIpc) is 3.33.